The summed E-state index contributed by atoms with van der Waals surface area (Å²) in [6.07, 6.45) is 1.79. The number of nitrogens with zero attached hydrogens (tertiary/aromatic N) is 1. The highest BCUT2D eigenvalue weighted by Crippen LogP contribution is 2.29. The molecule has 0 saturated heterocycles. The van der Waals surface area contributed by atoms with Crippen LogP contribution in [0.3, 0.4) is 0 Å². The summed E-state index contributed by atoms with van der Waals surface area (Å²) in [5.41, 5.74) is 5.79. The van der Waals surface area contributed by atoms with Crippen LogP contribution in [0.25, 0.3) is 10.8 Å². The van der Waals surface area contributed by atoms with Gasteiger partial charge in [-0.15, -0.1) is 0 Å². The van der Waals surface area contributed by atoms with Crippen LogP contribution in [0.1, 0.15) is 13.8 Å². The molecule has 1 aromatic heterocycles. The molecule has 0 aliphatic carbocycles. The highest BCUT2D eigenvalue weighted by Gasteiger charge is 2.16. The Hall–Kier alpha value is -1.81. The molecule has 1 aromatic carbocycles. The first-order valence-corrected chi connectivity index (χ1v) is 6.43. The number of benzene rings is 1. The van der Waals surface area contributed by atoms with Crippen molar-refractivity contribution < 1.29 is 4.74 Å². The molecule has 2 rings (SSSR count). The van der Waals surface area contributed by atoms with Gasteiger partial charge in [-0.3, -0.25) is 0 Å². The highest BCUT2D eigenvalue weighted by molar-refractivity contribution is 5.95. The van der Waals surface area contributed by atoms with E-state index >= 15 is 0 Å². The number of anilines is 1. The third kappa shape index (κ3) is 2.96. The van der Waals surface area contributed by atoms with Gasteiger partial charge in [0.2, 0.25) is 0 Å². The van der Waals surface area contributed by atoms with Crippen LogP contribution >= 0.6 is 0 Å². The molecule has 0 aliphatic heterocycles. The van der Waals surface area contributed by atoms with Gasteiger partial charge in [0.15, 0.2) is 0 Å². The number of ether oxygens (including phenoxy) is 1. The zero-order valence-corrected chi connectivity index (χ0v) is 11.7. The molecule has 3 N–H and O–H groups in total. The molecule has 1 heterocycles. The van der Waals surface area contributed by atoms with E-state index in [9.17, 15) is 0 Å². The summed E-state index contributed by atoms with van der Waals surface area (Å²) in [7, 11) is 1.68. The minimum absolute atomic E-state index is 0.0444. The maximum atomic E-state index is 5.75. The number of nitrogens with two attached hydrogens (primary N) is 1. The fourth-order valence-electron chi connectivity index (χ4n) is 1.89. The number of nitrogens with one attached hydrogen (secondary N) is 1. The van der Waals surface area contributed by atoms with E-state index in [1.54, 1.807) is 13.3 Å². The van der Waals surface area contributed by atoms with Gasteiger partial charge in [0, 0.05) is 23.5 Å². The molecule has 0 amide bonds. The van der Waals surface area contributed by atoms with Crippen molar-refractivity contribution >= 4 is 16.6 Å². The van der Waals surface area contributed by atoms with E-state index in [0.29, 0.717) is 6.54 Å². The smallest absolute Gasteiger partial charge is 0.133 e. The molecular weight excluding hydrogens is 238 g/mol. The number of hydrogen-bond donors (Lipinski definition) is 2. The van der Waals surface area contributed by atoms with E-state index in [-0.39, 0.29) is 5.41 Å². The Labute approximate surface area is 114 Å². The lowest BCUT2D eigenvalue weighted by Crippen LogP contribution is -2.31. The Morgan fingerprint density at radius 2 is 2.05 bits per heavy atom. The molecule has 0 saturated carbocycles. The number of rotatable bonds is 5. The summed E-state index contributed by atoms with van der Waals surface area (Å²) in [5, 5.41) is 5.51. The molecule has 0 fully saturated rings. The van der Waals surface area contributed by atoms with E-state index < -0.39 is 0 Å². The van der Waals surface area contributed by atoms with Gasteiger partial charge in [0.05, 0.1) is 7.11 Å². The monoisotopic (exact) mass is 259 g/mol. The molecular formula is C15H21N3O. The highest BCUT2D eigenvalue weighted by atomic mass is 16.5. The lowest BCUT2D eigenvalue weighted by Gasteiger charge is -2.23. The van der Waals surface area contributed by atoms with Crippen molar-refractivity contribution in [2.24, 2.45) is 11.1 Å². The topological polar surface area (TPSA) is 60.2 Å². The molecule has 4 heteroatoms. The van der Waals surface area contributed by atoms with Crippen LogP contribution in [0, 0.1) is 5.41 Å². The maximum absolute atomic E-state index is 5.75. The molecule has 0 bridgehead atoms. The normalized spacial score (nSPS) is 11.6. The Morgan fingerprint density at radius 1 is 1.26 bits per heavy atom. The molecule has 19 heavy (non-hydrogen) atoms. The summed E-state index contributed by atoms with van der Waals surface area (Å²) in [5.74, 6) is 1.74. The van der Waals surface area contributed by atoms with E-state index in [1.165, 1.54) is 0 Å². The second-order valence-corrected chi connectivity index (χ2v) is 5.44. The van der Waals surface area contributed by atoms with Gasteiger partial charge in [-0.25, -0.2) is 4.98 Å². The van der Waals surface area contributed by atoms with E-state index in [4.69, 9.17) is 10.5 Å². The Balaban J connectivity index is 2.34. The van der Waals surface area contributed by atoms with Gasteiger partial charge in [0.1, 0.15) is 11.6 Å². The number of pyridine rings is 1. The summed E-state index contributed by atoms with van der Waals surface area (Å²) >= 11 is 0. The second-order valence-electron chi connectivity index (χ2n) is 5.44. The molecule has 0 aliphatic rings. The summed E-state index contributed by atoms with van der Waals surface area (Å²) in [6, 6.07) is 7.94. The molecule has 0 spiro atoms. The summed E-state index contributed by atoms with van der Waals surface area (Å²) in [4.78, 5) is 4.41. The lowest BCUT2D eigenvalue weighted by atomic mass is 9.94. The Kier molecular flexibility index (Phi) is 3.90. The van der Waals surface area contributed by atoms with Crippen molar-refractivity contribution in [3.63, 3.8) is 0 Å². The maximum Gasteiger partial charge on any atom is 0.133 e. The van der Waals surface area contributed by atoms with Crippen molar-refractivity contribution in [1.82, 2.24) is 4.98 Å². The van der Waals surface area contributed by atoms with Gasteiger partial charge in [-0.2, -0.15) is 0 Å². The average Bonchev–Trinajstić information content (AvgIpc) is 2.44. The fourth-order valence-corrected chi connectivity index (χ4v) is 1.89. The minimum atomic E-state index is 0.0444. The number of aromatic nitrogens is 1. The van der Waals surface area contributed by atoms with Gasteiger partial charge in [0.25, 0.3) is 0 Å². The van der Waals surface area contributed by atoms with Crippen LogP contribution in [0.5, 0.6) is 5.75 Å². The zero-order valence-electron chi connectivity index (χ0n) is 11.7. The quantitative estimate of drug-likeness (QED) is 0.866. The molecule has 4 nitrogen and oxygen atoms in total. The van der Waals surface area contributed by atoms with Crippen LogP contribution in [-0.4, -0.2) is 25.2 Å². The first kappa shape index (κ1) is 13.6. The van der Waals surface area contributed by atoms with Gasteiger partial charge >= 0.3 is 0 Å². The molecule has 2 aromatic rings. The third-order valence-corrected chi connectivity index (χ3v) is 3.27. The number of hydrogen-bond acceptors (Lipinski definition) is 4. The minimum Gasteiger partial charge on any atom is -0.496 e. The van der Waals surface area contributed by atoms with Crippen LogP contribution in [0.4, 0.5) is 5.82 Å². The molecule has 0 radical (unpaired) electrons. The van der Waals surface area contributed by atoms with Crippen molar-refractivity contribution in [1.29, 1.82) is 0 Å². The average molecular weight is 259 g/mol. The van der Waals surface area contributed by atoms with Crippen LogP contribution in [-0.2, 0) is 0 Å². The van der Waals surface area contributed by atoms with E-state index in [1.807, 2.05) is 24.3 Å². The lowest BCUT2D eigenvalue weighted by molar-refractivity contribution is 0.405. The van der Waals surface area contributed by atoms with Gasteiger partial charge in [-0.1, -0.05) is 26.0 Å². The van der Waals surface area contributed by atoms with Crippen LogP contribution in [0.15, 0.2) is 30.5 Å². The van der Waals surface area contributed by atoms with Gasteiger partial charge < -0.3 is 15.8 Å². The molecule has 0 atom stereocenters. The standard InChI is InChI=1S/C15H21N3O/c1-15(2,9-16)10-18-14-12-5-4-6-13(19-3)11(12)7-8-17-14/h4-8H,9-10,16H2,1-3H3,(H,17,18). The summed E-state index contributed by atoms with van der Waals surface area (Å²) in [6.45, 7) is 5.68. The van der Waals surface area contributed by atoms with Crippen molar-refractivity contribution in [3.8, 4) is 5.75 Å². The number of methoxy groups -OCH3 is 1. The second kappa shape index (κ2) is 5.45. The Bertz CT molecular complexity index is 566. The number of fused-ring (bicyclic) bond motifs is 1. The molecule has 0 unspecified atom stereocenters. The molecule has 102 valence electrons. The Morgan fingerprint density at radius 3 is 2.74 bits per heavy atom. The van der Waals surface area contributed by atoms with E-state index in [2.05, 4.69) is 24.1 Å². The predicted molar refractivity (Wildman–Crippen MR) is 79.6 cm³/mol. The van der Waals surface area contributed by atoms with Crippen molar-refractivity contribution in [2.75, 3.05) is 25.5 Å². The first-order chi connectivity index (χ1) is 9.07. The van der Waals surface area contributed by atoms with Crippen molar-refractivity contribution in [2.45, 2.75) is 13.8 Å². The largest absolute Gasteiger partial charge is 0.496 e. The fraction of sp³-hybridized carbons (Fsp3) is 0.400. The van der Waals surface area contributed by atoms with E-state index in [0.717, 1.165) is 28.9 Å². The zero-order chi connectivity index (χ0) is 13.9. The van der Waals surface area contributed by atoms with Crippen molar-refractivity contribution in [3.05, 3.63) is 30.5 Å². The third-order valence-electron chi connectivity index (χ3n) is 3.27. The first-order valence-electron chi connectivity index (χ1n) is 6.43. The SMILES string of the molecule is COc1cccc2c(NCC(C)(C)CN)nccc12. The predicted octanol–water partition coefficient (Wildman–Crippen LogP) is 2.64. The summed E-state index contributed by atoms with van der Waals surface area (Å²) < 4.78 is 5.37. The van der Waals surface area contributed by atoms with Gasteiger partial charge in [-0.05, 0) is 24.1 Å². The van der Waals surface area contributed by atoms with Crippen LogP contribution < -0.4 is 15.8 Å². The van der Waals surface area contributed by atoms with Crippen LogP contribution in [0.2, 0.25) is 0 Å².